The van der Waals surface area contributed by atoms with E-state index in [2.05, 4.69) is 16.4 Å². The van der Waals surface area contributed by atoms with Crippen LogP contribution < -0.4 is 15.6 Å². The van der Waals surface area contributed by atoms with Crippen LogP contribution in [0.15, 0.2) is 65.6 Å². The minimum Gasteiger partial charge on any atom is -0.455 e. The van der Waals surface area contributed by atoms with Gasteiger partial charge in [-0.05, 0) is 37.3 Å². The largest absolute Gasteiger partial charge is 0.455 e. The van der Waals surface area contributed by atoms with E-state index in [1.165, 1.54) is 6.20 Å². The fourth-order valence-corrected chi connectivity index (χ4v) is 2.38. The Bertz CT molecular complexity index is 1060. The number of aryl methyl sites for hydroxylation is 1. The van der Waals surface area contributed by atoms with Crippen LogP contribution in [0.5, 0.6) is 11.5 Å². The molecule has 1 heterocycles. The molecule has 2 aromatic carbocycles. The Morgan fingerprint density at radius 3 is 2.54 bits per heavy atom. The number of H-pyrrole nitrogens is 1. The highest BCUT2D eigenvalue weighted by Gasteiger charge is 2.14. The Kier molecular flexibility index (Phi) is 4.81. The van der Waals surface area contributed by atoms with E-state index in [0.717, 1.165) is 0 Å². The number of rotatable bonds is 4. The van der Waals surface area contributed by atoms with E-state index in [4.69, 9.17) is 4.74 Å². The first kappa shape index (κ1) is 17.0. The summed E-state index contributed by atoms with van der Waals surface area (Å²) in [7, 11) is 0. The van der Waals surface area contributed by atoms with Gasteiger partial charge in [-0.3, -0.25) is 9.59 Å². The number of carbonyl (C=O) groups excluding carboxylic acids is 1. The van der Waals surface area contributed by atoms with Gasteiger partial charge in [-0.25, -0.2) is 0 Å². The average molecular weight is 345 g/mol. The van der Waals surface area contributed by atoms with Gasteiger partial charge in [0, 0.05) is 11.8 Å². The summed E-state index contributed by atoms with van der Waals surface area (Å²) >= 11 is 0. The Labute approximate surface area is 149 Å². The fraction of sp³-hybridized carbons (Fsp3) is 0.0500. The molecule has 1 aromatic heterocycles. The number of nitrogens with zero attached hydrogens (tertiary/aromatic N) is 1. The molecule has 0 saturated heterocycles. The van der Waals surface area contributed by atoms with Gasteiger partial charge in [0.25, 0.3) is 11.5 Å². The van der Waals surface area contributed by atoms with Crippen LogP contribution in [0.4, 0.5) is 5.69 Å². The molecule has 0 aliphatic heterocycles. The number of benzene rings is 2. The highest BCUT2D eigenvalue weighted by Crippen LogP contribution is 2.28. The number of amides is 1. The van der Waals surface area contributed by atoms with E-state index in [0.29, 0.717) is 33.9 Å². The number of hydrogen-bond acceptors (Lipinski definition) is 4. The van der Waals surface area contributed by atoms with Gasteiger partial charge < -0.3 is 15.0 Å². The van der Waals surface area contributed by atoms with Crippen LogP contribution in [-0.2, 0) is 0 Å². The number of aromatic amines is 1. The van der Waals surface area contributed by atoms with E-state index in [1.54, 1.807) is 61.5 Å². The summed E-state index contributed by atoms with van der Waals surface area (Å²) in [5.74, 6) is 0.311. The predicted octanol–water partition coefficient (Wildman–Crippen LogP) is 3.60. The van der Waals surface area contributed by atoms with Crippen LogP contribution in [0.1, 0.15) is 21.5 Å². The third-order valence-electron chi connectivity index (χ3n) is 3.71. The smallest absolute Gasteiger partial charge is 0.259 e. The topological polar surface area (TPSA) is 95.0 Å². The Balaban J connectivity index is 1.89. The molecule has 0 unspecified atom stereocenters. The average Bonchev–Trinajstić information content (AvgIpc) is 2.65. The van der Waals surface area contributed by atoms with Gasteiger partial charge >= 0.3 is 0 Å². The third kappa shape index (κ3) is 3.62. The van der Waals surface area contributed by atoms with Gasteiger partial charge in [0.15, 0.2) is 0 Å². The number of para-hydroxylation sites is 2. The van der Waals surface area contributed by atoms with E-state index in [9.17, 15) is 14.9 Å². The first-order valence-corrected chi connectivity index (χ1v) is 7.85. The van der Waals surface area contributed by atoms with Crippen LogP contribution in [-0.4, -0.2) is 10.9 Å². The maximum absolute atomic E-state index is 12.6. The van der Waals surface area contributed by atoms with Crippen LogP contribution in [0.25, 0.3) is 0 Å². The van der Waals surface area contributed by atoms with E-state index >= 15 is 0 Å². The monoisotopic (exact) mass is 345 g/mol. The molecule has 3 rings (SSSR count). The van der Waals surface area contributed by atoms with Crippen LogP contribution in [0.2, 0.25) is 0 Å². The molecule has 0 radical (unpaired) electrons. The lowest BCUT2D eigenvalue weighted by molar-refractivity contribution is 0.102. The van der Waals surface area contributed by atoms with Crippen molar-refractivity contribution >= 4 is 11.6 Å². The first-order valence-electron chi connectivity index (χ1n) is 7.85. The van der Waals surface area contributed by atoms with Gasteiger partial charge in [-0.2, -0.15) is 5.26 Å². The van der Waals surface area contributed by atoms with Gasteiger partial charge in [-0.1, -0.05) is 24.3 Å². The number of carbonyl (C=O) groups is 1. The number of ether oxygens (including phenoxy) is 1. The summed E-state index contributed by atoms with van der Waals surface area (Å²) in [6, 6.07) is 17.2. The van der Waals surface area contributed by atoms with Crippen LogP contribution in [0.3, 0.4) is 0 Å². The predicted molar refractivity (Wildman–Crippen MR) is 97.4 cm³/mol. The highest BCUT2D eigenvalue weighted by molar-refractivity contribution is 6.06. The molecule has 0 bridgehead atoms. The lowest BCUT2D eigenvalue weighted by Gasteiger charge is -2.12. The second-order valence-electron chi connectivity index (χ2n) is 5.56. The number of nitriles is 1. The third-order valence-corrected chi connectivity index (χ3v) is 3.71. The Morgan fingerprint density at radius 2 is 1.81 bits per heavy atom. The molecule has 0 fully saturated rings. The number of anilines is 1. The minimum atomic E-state index is -0.388. The quantitative estimate of drug-likeness (QED) is 0.755. The van der Waals surface area contributed by atoms with Gasteiger partial charge in [0.05, 0.1) is 16.8 Å². The normalized spacial score (nSPS) is 10.0. The molecule has 1 amide bonds. The molecule has 0 aliphatic rings. The Morgan fingerprint density at radius 1 is 1.12 bits per heavy atom. The van der Waals surface area contributed by atoms with Crippen molar-refractivity contribution in [3.8, 4) is 17.6 Å². The second-order valence-corrected chi connectivity index (χ2v) is 5.56. The SMILES string of the molecule is Cc1cc(NC(=O)c2ccccc2Oc2ccccc2C#N)c[nH]c1=O. The second kappa shape index (κ2) is 7.36. The van der Waals surface area contributed by atoms with Crippen LogP contribution >= 0.6 is 0 Å². The molecule has 6 heteroatoms. The zero-order valence-electron chi connectivity index (χ0n) is 13.9. The summed E-state index contributed by atoms with van der Waals surface area (Å²) in [6.07, 6.45) is 1.43. The number of pyridine rings is 1. The molecule has 3 aromatic rings. The summed E-state index contributed by atoms with van der Waals surface area (Å²) in [5, 5.41) is 11.9. The molecular weight excluding hydrogens is 330 g/mol. The highest BCUT2D eigenvalue weighted by atomic mass is 16.5. The molecule has 0 spiro atoms. The van der Waals surface area contributed by atoms with Crippen molar-refractivity contribution in [2.45, 2.75) is 6.92 Å². The van der Waals surface area contributed by atoms with Gasteiger partial charge in [0.2, 0.25) is 0 Å². The van der Waals surface area contributed by atoms with E-state index in [1.807, 2.05) is 0 Å². The van der Waals surface area contributed by atoms with Crippen molar-refractivity contribution in [1.82, 2.24) is 4.98 Å². The molecule has 128 valence electrons. The van der Waals surface area contributed by atoms with Crippen molar-refractivity contribution in [2.75, 3.05) is 5.32 Å². The standard InChI is InChI=1S/C20H15N3O3/c1-13-10-15(12-22-19(13)24)23-20(25)16-7-3-5-9-18(16)26-17-8-4-2-6-14(17)11-21/h2-10,12H,1H3,(H,22,24)(H,23,25). The lowest BCUT2D eigenvalue weighted by atomic mass is 10.1. The first-order chi connectivity index (χ1) is 12.6. The molecule has 6 nitrogen and oxygen atoms in total. The molecular formula is C20H15N3O3. The van der Waals surface area contributed by atoms with E-state index in [-0.39, 0.29) is 11.5 Å². The molecule has 2 N–H and O–H groups in total. The maximum Gasteiger partial charge on any atom is 0.259 e. The minimum absolute atomic E-state index is 0.208. The summed E-state index contributed by atoms with van der Waals surface area (Å²) in [5.41, 5.74) is 1.44. The number of aromatic nitrogens is 1. The lowest BCUT2D eigenvalue weighted by Crippen LogP contribution is -2.16. The van der Waals surface area contributed by atoms with E-state index < -0.39 is 0 Å². The summed E-state index contributed by atoms with van der Waals surface area (Å²) in [4.78, 5) is 26.6. The van der Waals surface area contributed by atoms with Crippen molar-refractivity contribution in [3.05, 3.63) is 87.8 Å². The zero-order chi connectivity index (χ0) is 18.5. The van der Waals surface area contributed by atoms with Gasteiger partial charge in [0.1, 0.15) is 17.6 Å². The number of nitrogens with one attached hydrogen (secondary N) is 2. The maximum atomic E-state index is 12.6. The molecule has 0 atom stereocenters. The Hall–Kier alpha value is -3.85. The van der Waals surface area contributed by atoms with Crippen molar-refractivity contribution < 1.29 is 9.53 Å². The fourth-order valence-electron chi connectivity index (χ4n) is 2.38. The molecule has 0 saturated carbocycles. The van der Waals surface area contributed by atoms with Crippen molar-refractivity contribution in [2.24, 2.45) is 0 Å². The zero-order valence-corrected chi connectivity index (χ0v) is 13.9. The van der Waals surface area contributed by atoms with Crippen molar-refractivity contribution in [3.63, 3.8) is 0 Å². The van der Waals surface area contributed by atoms with Crippen LogP contribution in [0, 0.1) is 18.3 Å². The summed E-state index contributed by atoms with van der Waals surface area (Å²) in [6.45, 7) is 1.66. The number of hydrogen-bond donors (Lipinski definition) is 2. The summed E-state index contributed by atoms with van der Waals surface area (Å²) < 4.78 is 5.79. The van der Waals surface area contributed by atoms with Crippen molar-refractivity contribution in [1.29, 1.82) is 5.26 Å². The van der Waals surface area contributed by atoms with Gasteiger partial charge in [-0.15, -0.1) is 0 Å². The molecule has 26 heavy (non-hydrogen) atoms. The molecule has 0 aliphatic carbocycles.